The minimum atomic E-state index is -0.157. The highest BCUT2D eigenvalue weighted by Gasteiger charge is 2.17. The van der Waals surface area contributed by atoms with Gasteiger partial charge in [0.1, 0.15) is 0 Å². The van der Waals surface area contributed by atoms with E-state index in [9.17, 15) is 4.79 Å². The summed E-state index contributed by atoms with van der Waals surface area (Å²) in [4.78, 5) is 18.1. The number of nitrogens with two attached hydrogens (primary N) is 1. The van der Waals surface area contributed by atoms with E-state index in [-0.39, 0.29) is 5.91 Å². The summed E-state index contributed by atoms with van der Waals surface area (Å²) in [6.07, 6.45) is 2.56. The van der Waals surface area contributed by atoms with Crippen molar-refractivity contribution in [1.82, 2.24) is 4.98 Å². The Hall–Kier alpha value is -2.40. The number of hydrogen-bond acceptors (Lipinski definition) is 4. The fraction of sp³-hybridized carbons (Fsp3) is 0.200. The van der Waals surface area contributed by atoms with Crippen LogP contribution < -0.4 is 16.2 Å². The zero-order valence-corrected chi connectivity index (χ0v) is 11.6. The molecule has 104 valence electrons. The van der Waals surface area contributed by atoms with E-state index in [1.807, 2.05) is 24.3 Å². The first-order chi connectivity index (χ1) is 9.67. The molecule has 0 fully saturated rings. The molecule has 1 heterocycles. The van der Waals surface area contributed by atoms with Crippen molar-refractivity contribution in [3.63, 3.8) is 0 Å². The zero-order chi connectivity index (χ0) is 14.5. The molecule has 0 aliphatic heterocycles. The summed E-state index contributed by atoms with van der Waals surface area (Å²) in [5.41, 5.74) is 4.95. The van der Waals surface area contributed by atoms with Crippen molar-refractivity contribution in [1.29, 1.82) is 0 Å². The van der Waals surface area contributed by atoms with Crippen LogP contribution in [0.25, 0.3) is 0 Å². The highest BCUT2D eigenvalue weighted by atomic mass is 16.2. The lowest BCUT2D eigenvalue weighted by atomic mass is 10.1. The van der Waals surface area contributed by atoms with Gasteiger partial charge in [0, 0.05) is 18.9 Å². The summed E-state index contributed by atoms with van der Waals surface area (Å²) < 4.78 is 0. The van der Waals surface area contributed by atoms with E-state index >= 15 is 0 Å². The van der Waals surface area contributed by atoms with Crippen molar-refractivity contribution in [3.8, 4) is 0 Å². The van der Waals surface area contributed by atoms with Gasteiger partial charge in [-0.05, 0) is 36.2 Å². The highest BCUT2D eigenvalue weighted by Crippen LogP contribution is 2.19. The molecule has 20 heavy (non-hydrogen) atoms. The quantitative estimate of drug-likeness (QED) is 0.660. The lowest BCUT2D eigenvalue weighted by Gasteiger charge is -2.18. The monoisotopic (exact) mass is 270 g/mol. The number of pyridine rings is 1. The molecule has 0 unspecified atom stereocenters. The lowest BCUT2D eigenvalue weighted by molar-refractivity contribution is 0.0993. The van der Waals surface area contributed by atoms with Crippen LogP contribution in [0.3, 0.4) is 0 Å². The topological polar surface area (TPSA) is 71.2 Å². The predicted octanol–water partition coefficient (Wildman–Crippen LogP) is 2.21. The summed E-state index contributed by atoms with van der Waals surface area (Å²) >= 11 is 0. The molecule has 0 saturated heterocycles. The first-order valence-electron chi connectivity index (χ1n) is 6.46. The van der Waals surface area contributed by atoms with Gasteiger partial charge in [0.2, 0.25) is 0 Å². The number of anilines is 2. The second-order valence-corrected chi connectivity index (χ2v) is 4.43. The molecule has 5 nitrogen and oxygen atoms in total. The van der Waals surface area contributed by atoms with E-state index in [1.165, 1.54) is 5.56 Å². The number of nitrogen functional groups attached to an aromatic ring is 1. The van der Waals surface area contributed by atoms with E-state index in [4.69, 9.17) is 5.84 Å². The van der Waals surface area contributed by atoms with Crippen LogP contribution in [-0.2, 0) is 6.42 Å². The van der Waals surface area contributed by atoms with Crippen molar-refractivity contribution in [2.45, 2.75) is 13.3 Å². The van der Waals surface area contributed by atoms with E-state index in [0.29, 0.717) is 11.4 Å². The molecule has 0 spiro atoms. The van der Waals surface area contributed by atoms with Gasteiger partial charge in [-0.3, -0.25) is 4.79 Å². The number of hydrazine groups is 1. The molecule has 1 aromatic heterocycles. The summed E-state index contributed by atoms with van der Waals surface area (Å²) in [6, 6.07) is 11.3. The minimum Gasteiger partial charge on any atom is -0.311 e. The summed E-state index contributed by atoms with van der Waals surface area (Å²) in [5, 5.41) is 0. The highest BCUT2D eigenvalue weighted by molar-refractivity contribution is 6.08. The SMILES string of the molecule is CCc1ccc(N(C)C(=O)c2cccnc2NN)cc1. The third-order valence-corrected chi connectivity index (χ3v) is 3.21. The number of aryl methyl sites for hydroxylation is 1. The molecule has 5 heteroatoms. The molecule has 0 atom stereocenters. The largest absolute Gasteiger partial charge is 0.311 e. The van der Waals surface area contributed by atoms with Gasteiger partial charge in [0.15, 0.2) is 5.82 Å². The van der Waals surface area contributed by atoms with E-state index < -0.39 is 0 Å². The number of rotatable bonds is 4. The number of carbonyl (C=O) groups is 1. The minimum absolute atomic E-state index is 0.157. The van der Waals surface area contributed by atoms with Crippen LogP contribution in [0, 0.1) is 0 Å². The number of amides is 1. The van der Waals surface area contributed by atoms with Gasteiger partial charge in [-0.2, -0.15) is 0 Å². The molecule has 3 N–H and O–H groups in total. The Labute approximate surface area is 118 Å². The Kier molecular flexibility index (Phi) is 4.32. The zero-order valence-electron chi connectivity index (χ0n) is 11.6. The van der Waals surface area contributed by atoms with Crippen molar-refractivity contribution in [2.24, 2.45) is 5.84 Å². The van der Waals surface area contributed by atoms with Gasteiger partial charge in [-0.15, -0.1) is 0 Å². The van der Waals surface area contributed by atoms with Gasteiger partial charge in [-0.25, -0.2) is 10.8 Å². The van der Waals surface area contributed by atoms with Crippen molar-refractivity contribution in [3.05, 3.63) is 53.7 Å². The Balaban J connectivity index is 2.27. The van der Waals surface area contributed by atoms with Gasteiger partial charge in [0.25, 0.3) is 5.91 Å². The lowest BCUT2D eigenvalue weighted by Crippen LogP contribution is -2.28. The standard InChI is InChI=1S/C15H18N4O/c1-3-11-6-8-12(9-7-11)19(2)15(20)13-5-4-10-17-14(13)18-16/h4-10H,3,16H2,1-2H3,(H,17,18). The molecule has 0 saturated carbocycles. The fourth-order valence-corrected chi connectivity index (χ4v) is 1.95. The molecule has 0 aliphatic rings. The average Bonchev–Trinajstić information content (AvgIpc) is 2.53. The van der Waals surface area contributed by atoms with Crippen LogP contribution in [0.15, 0.2) is 42.6 Å². The number of benzene rings is 1. The summed E-state index contributed by atoms with van der Waals surface area (Å²) in [6.45, 7) is 2.10. The average molecular weight is 270 g/mol. The molecule has 0 bridgehead atoms. The van der Waals surface area contributed by atoms with E-state index in [1.54, 1.807) is 30.3 Å². The first kappa shape index (κ1) is 14.0. The van der Waals surface area contributed by atoms with Crippen molar-refractivity contribution < 1.29 is 4.79 Å². The van der Waals surface area contributed by atoms with Crippen molar-refractivity contribution in [2.75, 3.05) is 17.4 Å². The summed E-state index contributed by atoms with van der Waals surface area (Å²) in [5.74, 6) is 5.59. The van der Waals surface area contributed by atoms with Crippen LogP contribution in [0.5, 0.6) is 0 Å². The molecular weight excluding hydrogens is 252 g/mol. The van der Waals surface area contributed by atoms with Crippen LogP contribution in [-0.4, -0.2) is 17.9 Å². The van der Waals surface area contributed by atoms with Gasteiger partial charge in [-0.1, -0.05) is 19.1 Å². The Morgan fingerprint density at radius 2 is 2.00 bits per heavy atom. The van der Waals surface area contributed by atoms with E-state index in [2.05, 4.69) is 17.3 Å². The predicted molar refractivity (Wildman–Crippen MR) is 80.6 cm³/mol. The number of carbonyl (C=O) groups excluding carboxylic acids is 1. The van der Waals surface area contributed by atoms with Gasteiger partial charge in [0.05, 0.1) is 5.56 Å². The van der Waals surface area contributed by atoms with Crippen molar-refractivity contribution >= 4 is 17.4 Å². The molecule has 2 rings (SSSR count). The smallest absolute Gasteiger partial charge is 0.261 e. The van der Waals surface area contributed by atoms with Crippen LogP contribution >= 0.6 is 0 Å². The van der Waals surface area contributed by atoms with Gasteiger partial charge >= 0.3 is 0 Å². The Bertz CT molecular complexity index is 595. The Morgan fingerprint density at radius 1 is 1.30 bits per heavy atom. The van der Waals surface area contributed by atoms with Gasteiger partial charge < -0.3 is 10.3 Å². The number of nitrogens with zero attached hydrogens (tertiary/aromatic N) is 2. The number of aromatic nitrogens is 1. The van der Waals surface area contributed by atoms with Crippen LogP contribution in [0.2, 0.25) is 0 Å². The maximum atomic E-state index is 12.5. The second kappa shape index (κ2) is 6.16. The molecule has 0 aliphatic carbocycles. The maximum absolute atomic E-state index is 12.5. The molecule has 0 radical (unpaired) electrons. The summed E-state index contributed by atoms with van der Waals surface area (Å²) in [7, 11) is 1.73. The number of nitrogens with one attached hydrogen (secondary N) is 1. The van der Waals surface area contributed by atoms with Crippen LogP contribution in [0.4, 0.5) is 11.5 Å². The maximum Gasteiger partial charge on any atom is 0.261 e. The first-order valence-corrected chi connectivity index (χ1v) is 6.46. The fourth-order valence-electron chi connectivity index (χ4n) is 1.95. The van der Waals surface area contributed by atoms with E-state index in [0.717, 1.165) is 12.1 Å². The normalized spacial score (nSPS) is 10.2. The third kappa shape index (κ3) is 2.78. The molecule has 1 amide bonds. The number of hydrogen-bond donors (Lipinski definition) is 2. The van der Waals surface area contributed by atoms with Crippen LogP contribution in [0.1, 0.15) is 22.8 Å². The Morgan fingerprint density at radius 3 is 2.60 bits per heavy atom. The second-order valence-electron chi connectivity index (χ2n) is 4.43. The molecular formula is C15H18N4O. The molecule has 1 aromatic carbocycles. The molecule has 2 aromatic rings. The third-order valence-electron chi connectivity index (χ3n) is 3.21.